The van der Waals surface area contributed by atoms with Gasteiger partial charge in [-0.05, 0) is 42.3 Å². The molecule has 0 bridgehead atoms. The van der Waals surface area contributed by atoms with Crippen molar-refractivity contribution in [1.29, 1.82) is 5.26 Å². The highest BCUT2D eigenvalue weighted by Gasteiger charge is 2.34. The number of ether oxygens (including phenoxy) is 2. The Morgan fingerprint density at radius 2 is 2.07 bits per heavy atom. The molecular formula is C21H17FN4O2. The van der Waals surface area contributed by atoms with Gasteiger partial charge in [-0.2, -0.15) is 5.26 Å². The van der Waals surface area contributed by atoms with E-state index < -0.39 is 0 Å². The zero-order chi connectivity index (χ0) is 19.7. The highest BCUT2D eigenvalue weighted by atomic mass is 19.1. The number of halogens is 1. The van der Waals surface area contributed by atoms with Crippen LogP contribution in [0, 0.1) is 24.1 Å². The molecule has 1 unspecified atom stereocenters. The van der Waals surface area contributed by atoms with Crippen LogP contribution in [0.1, 0.15) is 28.3 Å². The van der Waals surface area contributed by atoms with Crippen LogP contribution in [0.25, 0.3) is 0 Å². The maximum absolute atomic E-state index is 13.3. The van der Waals surface area contributed by atoms with E-state index in [1.54, 1.807) is 12.1 Å². The number of nitriles is 1. The number of H-pyrrole nitrogens is 1. The fourth-order valence-electron chi connectivity index (χ4n) is 3.28. The molecule has 2 heterocycles. The average Bonchev–Trinajstić information content (AvgIpc) is 3.06. The molecule has 140 valence electrons. The van der Waals surface area contributed by atoms with E-state index in [0.717, 1.165) is 22.4 Å². The fourth-order valence-corrected chi connectivity index (χ4v) is 3.28. The second kappa shape index (κ2) is 7.08. The van der Waals surface area contributed by atoms with Gasteiger partial charge in [0.15, 0.2) is 0 Å². The summed E-state index contributed by atoms with van der Waals surface area (Å²) in [6.07, 6.45) is 0. The zero-order valence-electron chi connectivity index (χ0n) is 15.1. The van der Waals surface area contributed by atoms with E-state index in [1.165, 1.54) is 12.1 Å². The lowest BCUT2D eigenvalue weighted by atomic mass is 9.84. The molecule has 28 heavy (non-hydrogen) atoms. The zero-order valence-corrected chi connectivity index (χ0v) is 15.1. The number of allylic oxidation sites excluding steroid dienone is 1. The van der Waals surface area contributed by atoms with Crippen LogP contribution in [0.3, 0.4) is 0 Å². The normalized spacial score (nSPS) is 15.5. The predicted octanol–water partition coefficient (Wildman–Crippen LogP) is 3.65. The van der Waals surface area contributed by atoms with Crippen molar-refractivity contribution in [2.75, 3.05) is 0 Å². The van der Waals surface area contributed by atoms with Gasteiger partial charge in [0.2, 0.25) is 11.8 Å². The van der Waals surface area contributed by atoms with Crippen LogP contribution < -0.4 is 15.2 Å². The third-order valence-corrected chi connectivity index (χ3v) is 4.64. The van der Waals surface area contributed by atoms with Crippen LogP contribution in [0.5, 0.6) is 11.6 Å². The minimum absolute atomic E-state index is 0.0536. The van der Waals surface area contributed by atoms with Crippen LogP contribution in [0.4, 0.5) is 4.39 Å². The molecule has 7 heteroatoms. The number of benzene rings is 2. The quantitative estimate of drug-likeness (QED) is 0.724. The fraction of sp³-hybridized carbons (Fsp3) is 0.143. The summed E-state index contributed by atoms with van der Waals surface area (Å²) < 4.78 is 24.5. The molecular weight excluding hydrogens is 359 g/mol. The van der Waals surface area contributed by atoms with E-state index in [-0.39, 0.29) is 24.2 Å². The second-order valence-corrected chi connectivity index (χ2v) is 6.48. The number of rotatable bonds is 4. The Kier molecular flexibility index (Phi) is 4.45. The number of hydrogen-bond donors (Lipinski definition) is 2. The van der Waals surface area contributed by atoms with E-state index in [9.17, 15) is 9.65 Å². The molecule has 0 spiro atoms. The van der Waals surface area contributed by atoms with Crippen molar-refractivity contribution < 1.29 is 13.9 Å². The van der Waals surface area contributed by atoms with Crippen molar-refractivity contribution >= 4 is 0 Å². The third-order valence-electron chi connectivity index (χ3n) is 4.64. The van der Waals surface area contributed by atoms with E-state index in [2.05, 4.69) is 16.3 Å². The SMILES string of the molecule is Cc1[nH]nc2c1C(c1ccc(OCc3cccc(F)c3)cc1)C(C#N)=C(N)O2. The maximum Gasteiger partial charge on any atom is 0.244 e. The minimum Gasteiger partial charge on any atom is -0.489 e. The molecule has 1 atom stereocenters. The number of aromatic nitrogens is 2. The lowest BCUT2D eigenvalue weighted by molar-refractivity contribution is 0.305. The Hall–Kier alpha value is -3.79. The van der Waals surface area contributed by atoms with Crippen molar-refractivity contribution in [3.63, 3.8) is 0 Å². The number of hydrogen-bond acceptors (Lipinski definition) is 5. The number of nitrogens with two attached hydrogens (primary N) is 1. The molecule has 1 aliphatic heterocycles. The molecule has 0 saturated carbocycles. The van der Waals surface area contributed by atoms with Crippen molar-refractivity contribution in [2.45, 2.75) is 19.4 Å². The summed E-state index contributed by atoms with van der Waals surface area (Å²) >= 11 is 0. The number of aromatic amines is 1. The molecule has 3 aromatic rings. The molecule has 0 saturated heterocycles. The van der Waals surface area contributed by atoms with Gasteiger partial charge >= 0.3 is 0 Å². The monoisotopic (exact) mass is 376 g/mol. The molecule has 0 amide bonds. The first-order chi connectivity index (χ1) is 13.6. The smallest absolute Gasteiger partial charge is 0.244 e. The number of nitrogens with one attached hydrogen (secondary N) is 1. The van der Waals surface area contributed by atoms with Gasteiger partial charge in [0.05, 0.1) is 5.92 Å². The molecule has 3 N–H and O–H groups in total. The molecule has 0 fully saturated rings. The number of aryl methyl sites for hydroxylation is 1. The molecule has 0 aliphatic carbocycles. The first-order valence-electron chi connectivity index (χ1n) is 8.66. The van der Waals surface area contributed by atoms with Gasteiger partial charge in [-0.1, -0.05) is 24.3 Å². The van der Waals surface area contributed by atoms with Gasteiger partial charge < -0.3 is 15.2 Å². The summed E-state index contributed by atoms with van der Waals surface area (Å²) in [6.45, 7) is 2.13. The first-order valence-corrected chi connectivity index (χ1v) is 8.66. The third kappa shape index (κ3) is 3.16. The second-order valence-electron chi connectivity index (χ2n) is 6.48. The molecule has 1 aromatic heterocycles. The van der Waals surface area contributed by atoms with Crippen LogP contribution in [0.15, 0.2) is 60.0 Å². The summed E-state index contributed by atoms with van der Waals surface area (Å²) in [5.41, 5.74) is 9.47. The van der Waals surface area contributed by atoms with E-state index in [0.29, 0.717) is 17.2 Å². The average molecular weight is 376 g/mol. The Morgan fingerprint density at radius 3 is 2.79 bits per heavy atom. The summed E-state index contributed by atoms with van der Waals surface area (Å²) in [7, 11) is 0. The summed E-state index contributed by atoms with van der Waals surface area (Å²) in [5, 5.41) is 16.6. The van der Waals surface area contributed by atoms with Crippen molar-refractivity contribution in [2.24, 2.45) is 5.73 Å². The lowest BCUT2D eigenvalue weighted by Crippen LogP contribution is -2.21. The van der Waals surface area contributed by atoms with Crippen molar-refractivity contribution in [3.8, 4) is 17.7 Å². The highest BCUT2D eigenvalue weighted by Crippen LogP contribution is 2.42. The summed E-state index contributed by atoms with van der Waals surface area (Å²) in [6, 6.07) is 15.8. The maximum atomic E-state index is 13.3. The van der Waals surface area contributed by atoms with Gasteiger partial charge in [0, 0.05) is 11.3 Å². The molecule has 2 aromatic carbocycles. The number of nitrogens with zero attached hydrogens (tertiary/aromatic N) is 2. The van der Waals surface area contributed by atoms with E-state index in [1.807, 2.05) is 31.2 Å². The summed E-state index contributed by atoms with van der Waals surface area (Å²) in [4.78, 5) is 0. The van der Waals surface area contributed by atoms with Crippen molar-refractivity contribution in [1.82, 2.24) is 10.2 Å². The highest BCUT2D eigenvalue weighted by molar-refractivity contribution is 5.55. The molecule has 4 rings (SSSR count). The van der Waals surface area contributed by atoms with Crippen LogP contribution in [-0.4, -0.2) is 10.2 Å². The van der Waals surface area contributed by atoms with Gasteiger partial charge in [-0.3, -0.25) is 5.10 Å². The summed E-state index contributed by atoms with van der Waals surface area (Å²) in [5.74, 6) is 0.406. The number of fused-ring (bicyclic) bond motifs is 1. The van der Waals surface area contributed by atoms with Gasteiger partial charge in [0.25, 0.3) is 0 Å². The molecule has 0 radical (unpaired) electrons. The Morgan fingerprint density at radius 1 is 1.29 bits per heavy atom. The topological polar surface area (TPSA) is 97.0 Å². The van der Waals surface area contributed by atoms with E-state index >= 15 is 0 Å². The Balaban J connectivity index is 1.60. The largest absolute Gasteiger partial charge is 0.489 e. The van der Waals surface area contributed by atoms with Crippen molar-refractivity contribution in [3.05, 3.63) is 88.2 Å². The lowest BCUT2D eigenvalue weighted by Gasteiger charge is -2.23. The van der Waals surface area contributed by atoms with Crippen LogP contribution >= 0.6 is 0 Å². The Labute approximate surface area is 161 Å². The van der Waals surface area contributed by atoms with E-state index in [4.69, 9.17) is 15.2 Å². The first kappa shape index (κ1) is 17.6. The van der Waals surface area contributed by atoms with Gasteiger partial charge in [-0.25, -0.2) is 4.39 Å². The predicted molar refractivity (Wildman–Crippen MR) is 99.8 cm³/mol. The van der Waals surface area contributed by atoms with Gasteiger partial charge in [0.1, 0.15) is 29.8 Å². The van der Waals surface area contributed by atoms with Crippen LogP contribution in [-0.2, 0) is 6.61 Å². The molecule has 6 nitrogen and oxygen atoms in total. The van der Waals surface area contributed by atoms with Crippen LogP contribution in [0.2, 0.25) is 0 Å². The minimum atomic E-state index is -0.371. The standard InChI is InChI=1S/C21H17FN4O2/c1-12-18-19(17(10-23)20(24)28-21(18)26-25-12)14-5-7-16(8-6-14)27-11-13-3-2-4-15(22)9-13/h2-9,19H,11,24H2,1H3,(H,25,26). The van der Waals surface area contributed by atoms with Gasteiger partial charge in [-0.15, -0.1) is 5.10 Å². The molecule has 1 aliphatic rings. The Bertz CT molecular complexity index is 1100.